The first kappa shape index (κ1) is 29.4. The van der Waals surface area contributed by atoms with E-state index in [-0.39, 0.29) is 29.9 Å². The van der Waals surface area contributed by atoms with Crippen LogP contribution in [0.2, 0.25) is 5.02 Å². The van der Waals surface area contributed by atoms with Gasteiger partial charge in [0.25, 0.3) is 5.91 Å². The molecule has 1 aromatic heterocycles. The number of carbonyl (C=O) groups excluding carboxylic acids is 3. The number of ether oxygens (including phenoxy) is 2. The van der Waals surface area contributed by atoms with Crippen LogP contribution in [0.5, 0.6) is 0 Å². The van der Waals surface area contributed by atoms with Crippen LogP contribution in [0.1, 0.15) is 29.5 Å². The number of hydrogen-bond donors (Lipinski definition) is 2. The van der Waals surface area contributed by atoms with Crippen LogP contribution in [0.3, 0.4) is 0 Å². The van der Waals surface area contributed by atoms with Crippen LogP contribution >= 0.6 is 11.6 Å². The fraction of sp³-hybridized carbons (Fsp3) is 0.200. The second kappa shape index (κ2) is 13.7. The molecule has 0 aliphatic heterocycles. The highest BCUT2D eigenvalue weighted by Gasteiger charge is 2.26. The van der Waals surface area contributed by atoms with Crippen LogP contribution in [-0.4, -0.2) is 47.0 Å². The van der Waals surface area contributed by atoms with Gasteiger partial charge in [-0.05, 0) is 47.4 Å². The summed E-state index contributed by atoms with van der Waals surface area (Å²) in [4.78, 5) is 36.2. The van der Waals surface area contributed by atoms with E-state index in [1.165, 1.54) is 24.3 Å². The number of rotatable bonds is 11. The molecule has 212 valence electrons. The Bertz CT molecular complexity index is 1520. The van der Waals surface area contributed by atoms with Gasteiger partial charge in [0.1, 0.15) is 11.5 Å². The molecule has 11 heteroatoms. The van der Waals surface area contributed by atoms with E-state index in [1.54, 1.807) is 12.1 Å². The van der Waals surface area contributed by atoms with Gasteiger partial charge in [0.2, 0.25) is 12.6 Å². The molecule has 0 saturated heterocycles. The minimum atomic E-state index is -1.63. The minimum Gasteiger partial charge on any atom is -0.428 e. The monoisotopic (exact) mass is 580 g/mol. The van der Waals surface area contributed by atoms with Gasteiger partial charge in [0.05, 0.1) is 0 Å². The zero-order valence-corrected chi connectivity index (χ0v) is 22.6. The van der Waals surface area contributed by atoms with Crippen molar-refractivity contribution >= 4 is 29.4 Å². The highest BCUT2D eigenvalue weighted by atomic mass is 35.5. The summed E-state index contributed by atoms with van der Waals surface area (Å²) < 4.78 is 28.7. The van der Waals surface area contributed by atoms with Gasteiger partial charge in [-0.1, -0.05) is 65.3 Å². The first-order chi connectivity index (χ1) is 19.7. The Morgan fingerprint density at radius 1 is 1.00 bits per heavy atom. The average molecular weight is 581 g/mol. The molecular formula is C30H26ClFN2O7. The van der Waals surface area contributed by atoms with Crippen LogP contribution < -0.4 is 5.32 Å². The van der Waals surface area contributed by atoms with E-state index >= 15 is 0 Å². The molecule has 0 bridgehead atoms. The highest BCUT2D eigenvalue weighted by molar-refractivity contribution is 6.30. The summed E-state index contributed by atoms with van der Waals surface area (Å²) in [7, 11) is 0. The van der Waals surface area contributed by atoms with Crippen molar-refractivity contribution in [2.75, 3.05) is 6.79 Å². The van der Waals surface area contributed by atoms with Crippen molar-refractivity contribution in [1.29, 1.82) is 0 Å². The predicted molar refractivity (Wildman–Crippen MR) is 147 cm³/mol. The van der Waals surface area contributed by atoms with Gasteiger partial charge in [-0.25, -0.2) is 9.18 Å². The summed E-state index contributed by atoms with van der Waals surface area (Å²) in [5, 5.41) is 17.6. The first-order valence-electron chi connectivity index (χ1n) is 12.5. The van der Waals surface area contributed by atoms with Crippen LogP contribution in [0, 0.1) is 5.82 Å². The standard InChI is InChI=1S/C30H26ClFN2O7/c1-18(35)39-17-40-30(38)27(36)15-23(13-19-9-11-20(12-10-19)21-5-4-6-22(31)14-21)33-29(37)28-16-26(34-41-28)24-7-2-3-8-25(24)32/h2-12,14,16,23,27,36H,13,15,17H2,1H3,(H,33,37). The Morgan fingerprint density at radius 3 is 2.46 bits per heavy atom. The lowest BCUT2D eigenvalue weighted by atomic mass is 9.97. The molecule has 0 saturated carbocycles. The van der Waals surface area contributed by atoms with Gasteiger partial charge >= 0.3 is 11.9 Å². The molecule has 4 rings (SSSR count). The molecule has 1 heterocycles. The summed E-state index contributed by atoms with van der Waals surface area (Å²) in [6.07, 6.45) is -1.63. The van der Waals surface area contributed by atoms with Crippen molar-refractivity contribution in [1.82, 2.24) is 10.5 Å². The summed E-state index contributed by atoms with van der Waals surface area (Å²) in [5.74, 6) is -3.07. The fourth-order valence-corrected chi connectivity index (χ4v) is 4.24. The second-order valence-electron chi connectivity index (χ2n) is 9.11. The number of nitrogens with zero attached hydrogens (tertiary/aromatic N) is 1. The summed E-state index contributed by atoms with van der Waals surface area (Å²) >= 11 is 6.10. The normalized spacial score (nSPS) is 12.3. The molecule has 0 spiro atoms. The van der Waals surface area contributed by atoms with Gasteiger partial charge in [-0.3, -0.25) is 9.59 Å². The number of aliphatic hydroxyl groups excluding tert-OH is 1. The molecule has 1 amide bonds. The van der Waals surface area contributed by atoms with Crippen molar-refractivity contribution in [3.8, 4) is 22.4 Å². The van der Waals surface area contributed by atoms with Crippen LogP contribution in [0.25, 0.3) is 22.4 Å². The summed E-state index contributed by atoms with van der Waals surface area (Å²) in [6.45, 7) is 0.499. The molecule has 0 aliphatic rings. The number of aromatic nitrogens is 1. The fourth-order valence-electron chi connectivity index (χ4n) is 4.05. The van der Waals surface area contributed by atoms with Crippen LogP contribution in [0.4, 0.5) is 4.39 Å². The maximum atomic E-state index is 14.2. The topological polar surface area (TPSA) is 128 Å². The molecular weight excluding hydrogens is 555 g/mol. The van der Waals surface area contributed by atoms with E-state index in [2.05, 4.69) is 15.2 Å². The molecule has 3 aromatic carbocycles. The minimum absolute atomic E-state index is 0.135. The second-order valence-corrected chi connectivity index (χ2v) is 9.54. The van der Waals surface area contributed by atoms with E-state index in [1.807, 2.05) is 42.5 Å². The number of hydrogen-bond acceptors (Lipinski definition) is 8. The zero-order chi connectivity index (χ0) is 29.4. The highest BCUT2D eigenvalue weighted by Crippen LogP contribution is 2.24. The Labute approximate surface area is 239 Å². The molecule has 2 atom stereocenters. The molecule has 4 aromatic rings. The van der Waals surface area contributed by atoms with Gasteiger partial charge in [0, 0.05) is 36.0 Å². The molecule has 0 aliphatic carbocycles. The Kier molecular flexibility index (Phi) is 9.83. The maximum Gasteiger partial charge on any atom is 0.337 e. The Balaban J connectivity index is 1.49. The number of aliphatic hydroxyl groups is 1. The van der Waals surface area contributed by atoms with E-state index in [4.69, 9.17) is 20.9 Å². The molecule has 2 unspecified atom stereocenters. The largest absolute Gasteiger partial charge is 0.428 e. The van der Waals surface area contributed by atoms with E-state index in [0.29, 0.717) is 5.02 Å². The number of amides is 1. The van der Waals surface area contributed by atoms with Crippen molar-refractivity contribution in [3.63, 3.8) is 0 Å². The third-order valence-corrected chi connectivity index (χ3v) is 6.29. The molecule has 9 nitrogen and oxygen atoms in total. The van der Waals surface area contributed by atoms with Crippen molar-refractivity contribution in [3.05, 3.63) is 101 Å². The molecule has 41 heavy (non-hydrogen) atoms. The number of nitrogens with one attached hydrogen (secondary N) is 1. The quantitative estimate of drug-likeness (QED) is 0.188. The van der Waals surface area contributed by atoms with E-state index < -0.39 is 42.6 Å². The number of benzene rings is 3. The van der Waals surface area contributed by atoms with Gasteiger partial charge in [-0.2, -0.15) is 0 Å². The van der Waals surface area contributed by atoms with Crippen molar-refractivity contribution in [2.45, 2.75) is 31.9 Å². The third kappa shape index (κ3) is 8.23. The molecule has 0 fully saturated rings. The van der Waals surface area contributed by atoms with Gasteiger partial charge in [0.15, 0.2) is 6.10 Å². The summed E-state index contributed by atoms with van der Waals surface area (Å²) in [5.41, 5.74) is 2.95. The lowest BCUT2D eigenvalue weighted by molar-refractivity contribution is -0.172. The van der Waals surface area contributed by atoms with Crippen LogP contribution in [0.15, 0.2) is 83.4 Å². The lowest BCUT2D eigenvalue weighted by Gasteiger charge is -2.21. The summed E-state index contributed by atoms with van der Waals surface area (Å²) in [6, 6.07) is 21.3. The third-order valence-electron chi connectivity index (χ3n) is 6.06. The van der Waals surface area contributed by atoms with E-state index in [0.717, 1.165) is 23.6 Å². The Hall–Kier alpha value is -4.54. The van der Waals surface area contributed by atoms with Crippen molar-refractivity contribution in [2.24, 2.45) is 0 Å². The average Bonchev–Trinajstić information content (AvgIpc) is 3.44. The molecule has 0 radical (unpaired) electrons. The zero-order valence-electron chi connectivity index (χ0n) is 21.9. The van der Waals surface area contributed by atoms with Crippen molar-refractivity contribution < 1.29 is 37.9 Å². The van der Waals surface area contributed by atoms with Gasteiger partial charge in [-0.15, -0.1) is 0 Å². The van der Waals surface area contributed by atoms with Gasteiger partial charge < -0.3 is 24.4 Å². The number of halogens is 2. The maximum absolute atomic E-state index is 14.2. The Morgan fingerprint density at radius 2 is 1.76 bits per heavy atom. The first-order valence-corrected chi connectivity index (χ1v) is 12.9. The predicted octanol–water partition coefficient (Wildman–Crippen LogP) is 4.96. The smallest absolute Gasteiger partial charge is 0.337 e. The SMILES string of the molecule is CC(=O)OCOC(=O)C(O)CC(Cc1ccc(-c2cccc(Cl)c2)cc1)NC(=O)c1cc(-c2ccccc2F)no1. The van der Waals surface area contributed by atoms with E-state index in [9.17, 15) is 23.9 Å². The lowest BCUT2D eigenvalue weighted by Crippen LogP contribution is -2.41. The number of carbonyl (C=O) groups is 3. The van der Waals surface area contributed by atoms with Crippen LogP contribution in [-0.2, 0) is 25.5 Å². The molecule has 2 N–H and O–H groups in total. The number of esters is 2.